The van der Waals surface area contributed by atoms with Gasteiger partial charge in [0.15, 0.2) is 11.6 Å². The Labute approximate surface area is 101 Å². The van der Waals surface area contributed by atoms with Crippen LogP contribution in [0.3, 0.4) is 0 Å². The van der Waals surface area contributed by atoms with Crippen molar-refractivity contribution in [3.63, 3.8) is 0 Å². The van der Waals surface area contributed by atoms with E-state index in [-0.39, 0.29) is 5.56 Å². The molecule has 0 aliphatic heterocycles. The Morgan fingerprint density at radius 1 is 1.00 bits per heavy atom. The minimum atomic E-state index is -1.35. The summed E-state index contributed by atoms with van der Waals surface area (Å²) < 4.78 is 39.1. The number of carbonyl (C=O) groups is 1. The standard InChI is InChI=1S/C13H8F3NO/c14-9-6-10(15)12(16)11(7-9)17-13(18)8-4-2-1-3-5-8/h1-7H,(H,17,18). The van der Waals surface area contributed by atoms with Crippen LogP contribution in [-0.4, -0.2) is 5.91 Å². The SMILES string of the molecule is O=C(Nc1cc(F)cc(F)c1F)c1ccccc1. The number of carbonyl (C=O) groups excluding carboxylic acids is 1. The molecule has 0 saturated heterocycles. The van der Waals surface area contributed by atoms with E-state index in [1.54, 1.807) is 18.2 Å². The van der Waals surface area contributed by atoms with Gasteiger partial charge < -0.3 is 5.32 Å². The smallest absolute Gasteiger partial charge is 0.255 e. The van der Waals surface area contributed by atoms with Gasteiger partial charge in [-0.1, -0.05) is 18.2 Å². The van der Waals surface area contributed by atoms with Gasteiger partial charge in [-0.3, -0.25) is 4.79 Å². The van der Waals surface area contributed by atoms with Gasteiger partial charge in [0.1, 0.15) is 5.82 Å². The first-order valence-electron chi connectivity index (χ1n) is 5.09. The summed E-state index contributed by atoms with van der Waals surface area (Å²) in [5.41, 5.74) is -0.261. The Hall–Kier alpha value is -2.30. The zero-order chi connectivity index (χ0) is 13.1. The van der Waals surface area contributed by atoms with Crippen molar-refractivity contribution in [1.82, 2.24) is 0 Å². The molecule has 5 heteroatoms. The minimum Gasteiger partial charge on any atom is -0.319 e. The van der Waals surface area contributed by atoms with E-state index in [1.165, 1.54) is 12.1 Å². The molecule has 2 aromatic rings. The molecule has 0 radical (unpaired) electrons. The third kappa shape index (κ3) is 2.51. The van der Waals surface area contributed by atoms with Gasteiger partial charge in [0, 0.05) is 17.7 Å². The summed E-state index contributed by atoms with van der Waals surface area (Å²) in [7, 11) is 0. The molecular weight excluding hydrogens is 243 g/mol. The molecule has 1 amide bonds. The second kappa shape index (κ2) is 4.91. The molecule has 2 aromatic carbocycles. The van der Waals surface area contributed by atoms with Crippen molar-refractivity contribution in [2.24, 2.45) is 0 Å². The number of benzene rings is 2. The first-order valence-corrected chi connectivity index (χ1v) is 5.09. The lowest BCUT2D eigenvalue weighted by molar-refractivity contribution is 0.102. The summed E-state index contributed by atoms with van der Waals surface area (Å²) in [6, 6.07) is 9.09. The summed E-state index contributed by atoms with van der Waals surface area (Å²) in [4.78, 5) is 11.7. The molecule has 1 N–H and O–H groups in total. The molecule has 0 aliphatic carbocycles. The van der Waals surface area contributed by atoms with Crippen LogP contribution in [0.2, 0.25) is 0 Å². The fourth-order valence-corrected chi connectivity index (χ4v) is 1.43. The lowest BCUT2D eigenvalue weighted by Crippen LogP contribution is -2.13. The summed E-state index contributed by atoms with van der Waals surface area (Å²) in [5, 5.41) is 2.11. The van der Waals surface area contributed by atoms with Crippen LogP contribution in [0.5, 0.6) is 0 Å². The van der Waals surface area contributed by atoms with Crippen molar-refractivity contribution in [2.75, 3.05) is 5.32 Å². The molecule has 0 aliphatic rings. The number of hydrogen-bond acceptors (Lipinski definition) is 1. The Balaban J connectivity index is 2.28. The molecule has 0 heterocycles. The number of amides is 1. The summed E-state index contributed by atoms with van der Waals surface area (Å²) in [6.45, 7) is 0. The van der Waals surface area contributed by atoms with E-state index in [4.69, 9.17) is 0 Å². The third-order valence-corrected chi connectivity index (χ3v) is 2.28. The Morgan fingerprint density at radius 2 is 1.67 bits per heavy atom. The molecule has 2 nitrogen and oxygen atoms in total. The van der Waals surface area contributed by atoms with Gasteiger partial charge in [0.05, 0.1) is 5.69 Å². The summed E-state index contributed by atoms with van der Waals surface area (Å²) >= 11 is 0. The molecule has 0 saturated carbocycles. The topological polar surface area (TPSA) is 29.1 Å². The minimum absolute atomic E-state index is 0.265. The maximum atomic E-state index is 13.3. The highest BCUT2D eigenvalue weighted by Crippen LogP contribution is 2.19. The van der Waals surface area contributed by atoms with Crippen molar-refractivity contribution in [3.8, 4) is 0 Å². The van der Waals surface area contributed by atoms with Gasteiger partial charge in [-0.05, 0) is 12.1 Å². The molecule has 0 atom stereocenters. The highest BCUT2D eigenvalue weighted by atomic mass is 19.2. The predicted molar refractivity (Wildman–Crippen MR) is 60.7 cm³/mol. The van der Waals surface area contributed by atoms with Crippen molar-refractivity contribution in [1.29, 1.82) is 0 Å². The quantitative estimate of drug-likeness (QED) is 0.815. The number of nitrogens with one attached hydrogen (secondary N) is 1. The lowest BCUT2D eigenvalue weighted by Gasteiger charge is -2.07. The van der Waals surface area contributed by atoms with Gasteiger partial charge >= 0.3 is 0 Å². The van der Waals surface area contributed by atoms with E-state index < -0.39 is 29.0 Å². The molecule has 0 aromatic heterocycles. The van der Waals surface area contributed by atoms with Crippen LogP contribution in [0.25, 0.3) is 0 Å². The first kappa shape index (κ1) is 12.2. The average Bonchev–Trinajstić information content (AvgIpc) is 2.36. The average molecular weight is 251 g/mol. The zero-order valence-corrected chi connectivity index (χ0v) is 9.08. The Bertz CT molecular complexity index is 584. The van der Waals surface area contributed by atoms with E-state index in [0.717, 1.165) is 6.07 Å². The summed E-state index contributed by atoms with van der Waals surface area (Å²) in [5.74, 6) is -4.24. The van der Waals surface area contributed by atoms with Crippen molar-refractivity contribution >= 4 is 11.6 Å². The molecule has 0 fully saturated rings. The van der Waals surface area contributed by atoms with E-state index in [2.05, 4.69) is 5.32 Å². The largest absolute Gasteiger partial charge is 0.319 e. The fraction of sp³-hybridized carbons (Fsp3) is 0. The van der Waals surface area contributed by atoms with Crippen LogP contribution in [0.4, 0.5) is 18.9 Å². The van der Waals surface area contributed by atoms with Gasteiger partial charge in [-0.15, -0.1) is 0 Å². The third-order valence-electron chi connectivity index (χ3n) is 2.28. The van der Waals surface area contributed by atoms with Crippen LogP contribution in [0, 0.1) is 17.5 Å². The Morgan fingerprint density at radius 3 is 2.33 bits per heavy atom. The van der Waals surface area contributed by atoms with E-state index >= 15 is 0 Å². The number of rotatable bonds is 2. The van der Waals surface area contributed by atoms with Crippen LogP contribution >= 0.6 is 0 Å². The Kier molecular flexibility index (Phi) is 3.32. The van der Waals surface area contributed by atoms with Crippen LogP contribution in [0.1, 0.15) is 10.4 Å². The number of hydrogen-bond donors (Lipinski definition) is 1. The van der Waals surface area contributed by atoms with Crippen molar-refractivity contribution in [2.45, 2.75) is 0 Å². The van der Waals surface area contributed by atoms with Crippen LogP contribution < -0.4 is 5.32 Å². The normalized spacial score (nSPS) is 10.2. The molecule has 0 bridgehead atoms. The van der Waals surface area contributed by atoms with Crippen LogP contribution in [-0.2, 0) is 0 Å². The molecule has 0 spiro atoms. The molecule has 2 rings (SSSR count). The number of anilines is 1. The van der Waals surface area contributed by atoms with Crippen LogP contribution in [0.15, 0.2) is 42.5 Å². The zero-order valence-electron chi connectivity index (χ0n) is 9.08. The van der Waals surface area contributed by atoms with Crippen molar-refractivity contribution < 1.29 is 18.0 Å². The molecular formula is C13H8F3NO. The van der Waals surface area contributed by atoms with Gasteiger partial charge in [-0.25, -0.2) is 13.2 Å². The van der Waals surface area contributed by atoms with Crippen molar-refractivity contribution in [3.05, 3.63) is 65.5 Å². The van der Waals surface area contributed by atoms with Gasteiger partial charge in [0.25, 0.3) is 5.91 Å². The molecule has 18 heavy (non-hydrogen) atoms. The van der Waals surface area contributed by atoms with Gasteiger partial charge in [0.2, 0.25) is 0 Å². The van der Waals surface area contributed by atoms with E-state index in [9.17, 15) is 18.0 Å². The van der Waals surface area contributed by atoms with E-state index in [1.807, 2.05) is 0 Å². The van der Waals surface area contributed by atoms with Gasteiger partial charge in [-0.2, -0.15) is 0 Å². The monoisotopic (exact) mass is 251 g/mol. The molecule has 0 unspecified atom stereocenters. The lowest BCUT2D eigenvalue weighted by atomic mass is 10.2. The highest BCUT2D eigenvalue weighted by molar-refractivity contribution is 6.04. The second-order valence-electron chi connectivity index (χ2n) is 3.57. The number of halogens is 3. The summed E-state index contributed by atoms with van der Waals surface area (Å²) in [6.07, 6.45) is 0. The highest BCUT2D eigenvalue weighted by Gasteiger charge is 2.14. The van der Waals surface area contributed by atoms with E-state index in [0.29, 0.717) is 6.07 Å². The first-order chi connectivity index (χ1) is 8.58. The molecule has 92 valence electrons. The predicted octanol–water partition coefficient (Wildman–Crippen LogP) is 3.36. The maximum absolute atomic E-state index is 13.3. The second-order valence-corrected chi connectivity index (χ2v) is 3.57. The maximum Gasteiger partial charge on any atom is 0.255 e. The fourth-order valence-electron chi connectivity index (χ4n) is 1.43.